The Balaban J connectivity index is 2.03. The molecule has 0 saturated heterocycles. The summed E-state index contributed by atoms with van der Waals surface area (Å²) in [7, 11) is 1.77. The van der Waals surface area contributed by atoms with Gasteiger partial charge in [0.25, 0.3) is 5.91 Å². The van der Waals surface area contributed by atoms with Crippen LogP contribution in [0.2, 0.25) is 5.02 Å². The smallest absolute Gasteiger partial charge is 0.252 e. The van der Waals surface area contributed by atoms with Crippen molar-refractivity contribution in [2.24, 2.45) is 7.05 Å². The Morgan fingerprint density at radius 1 is 1.56 bits per heavy atom. The van der Waals surface area contributed by atoms with Crippen LogP contribution in [0.1, 0.15) is 16.2 Å². The summed E-state index contributed by atoms with van der Waals surface area (Å²) in [5.74, 6) is 0.363. The molecule has 0 saturated carbocycles. The van der Waals surface area contributed by atoms with Crippen LogP contribution in [0.15, 0.2) is 29.0 Å². The molecule has 0 aliphatic carbocycles. The van der Waals surface area contributed by atoms with E-state index in [0.29, 0.717) is 20.9 Å². The quantitative estimate of drug-likeness (QED) is 0.939. The number of nitrogens with one attached hydrogen (secondary N) is 1. The van der Waals surface area contributed by atoms with Crippen molar-refractivity contribution in [2.45, 2.75) is 6.54 Å². The molecular weight excluding hydrogens is 320 g/mol. The minimum Gasteiger partial charge on any atom is -0.345 e. The molecule has 0 aliphatic rings. The van der Waals surface area contributed by atoms with E-state index in [0.717, 1.165) is 0 Å². The molecule has 94 valence electrons. The lowest BCUT2D eigenvalue weighted by Crippen LogP contribution is -2.23. The summed E-state index contributed by atoms with van der Waals surface area (Å²) in [6.45, 7) is 0.286. The van der Waals surface area contributed by atoms with Crippen molar-refractivity contribution >= 4 is 33.4 Å². The third-order valence-electron chi connectivity index (χ3n) is 2.23. The monoisotopic (exact) mass is 328 g/mol. The first-order chi connectivity index (χ1) is 8.56. The average Bonchev–Trinajstić information content (AvgIpc) is 2.72. The highest BCUT2D eigenvalue weighted by Crippen LogP contribution is 2.21. The first kappa shape index (κ1) is 13.0. The molecule has 0 aliphatic heterocycles. The molecule has 0 radical (unpaired) electrons. The molecule has 1 heterocycles. The molecule has 1 aromatic carbocycles. The summed E-state index contributed by atoms with van der Waals surface area (Å²) in [5, 5.41) is 7.38. The number of carbonyl (C=O) groups excluding carboxylic acids is 1. The maximum atomic E-state index is 11.9. The predicted molar refractivity (Wildman–Crippen MR) is 71.3 cm³/mol. The highest BCUT2D eigenvalue weighted by molar-refractivity contribution is 9.10. The number of hydrogen-bond donors (Lipinski definition) is 1. The Bertz CT molecular complexity index is 584. The molecule has 0 atom stereocenters. The fourth-order valence-electron chi connectivity index (χ4n) is 1.39. The van der Waals surface area contributed by atoms with Crippen LogP contribution in [0.25, 0.3) is 0 Å². The zero-order valence-corrected chi connectivity index (χ0v) is 11.9. The van der Waals surface area contributed by atoms with E-state index >= 15 is 0 Å². The van der Waals surface area contributed by atoms with Gasteiger partial charge in [-0.25, -0.2) is 4.98 Å². The molecule has 0 bridgehead atoms. The standard InChI is InChI=1S/C11H10BrClN4O/c1-17-6-15-10(16-17)5-14-11(18)8-3-2-7(13)4-9(8)12/h2-4,6H,5H2,1H3,(H,14,18). The van der Waals surface area contributed by atoms with E-state index in [4.69, 9.17) is 11.6 Å². The number of aryl methyl sites for hydroxylation is 1. The number of rotatable bonds is 3. The maximum absolute atomic E-state index is 11.9. The minimum atomic E-state index is -0.203. The molecule has 7 heteroatoms. The highest BCUT2D eigenvalue weighted by Gasteiger charge is 2.10. The van der Waals surface area contributed by atoms with Gasteiger partial charge in [-0.2, -0.15) is 5.10 Å². The summed E-state index contributed by atoms with van der Waals surface area (Å²) in [6, 6.07) is 5.00. The van der Waals surface area contributed by atoms with E-state index in [1.165, 1.54) is 0 Å². The van der Waals surface area contributed by atoms with Crippen molar-refractivity contribution in [3.63, 3.8) is 0 Å². The van der Waals surface area contributed by atoms with Crippen LogP contribution in [0.4, 0.5) is 0 Å². The number of aromatic nitrogens is 3. The number of amides is 1. The lowest BCUT2D eigenvalue weighted by atomic mass is 10.2. The van der Waals surface area contributed by atoms with E-state index in [1.54, 1.807) is 36.3 Å². The topological polar surface area (TPSA) is 59.8 Å². The molecule has 0 spiro atoms. The van der Waals surface area contributed by atoms with Gasteiger partial charge in [-0.15, -0.1) is 0 Å². The first-order valence-corrected chi connectivity index (χ1v) is 6.31. The van der Waals surface area contributed by atoms with Crippen molar-refractivity contribution in [3.05, 3.63) is 45.4 Å². The summed E-state index contributed by atoms with van der Waals surface area (Å²) < 4.78 is 2.24. The van der Waals surface area contributed by atoms with Crippen LogP contribution >= 0.6 is 27.5 Å². The molecule has 2 rings (SSSR count). The summed E-state index contributed by atoms with van der Waals surface area (Å²) in [6.07, 6.45) is 1.58. The van der Waals surface area contributed by atoms with E-state index < -0.39 is 0 Å². The van der Waals surface area contributed by atoms with Gasteiger partial charge in [0.05, 0.1) is 12.1 Å². The second kappa shape index (κ2) is 5.49. The number of carbonyl (C=O) groups is 1. The Morgan fingerprint density at radius 2 is 2.33 bits per heavy atom. The van der Waals surface area contributed by atoms with E-state index in [-0.39, 0.29) is 12.5 Å². The molecule has 0 fully saturated rings. The number of nitrogens with zero attached hydrogens (tertiary/aromatic N) is 3. The van der Waals surface area contributed by atoms with Gasteiger partial charge in [0.2, 0.25) is 0 Å². The molecule has 1 amide bonds. The van der Waals surface area contributed by atoms with Crippen LogP contribution < -0.4 is 5.32 Å². The van der Waals surface area contributed by atoms with Gasteiger partial charge in [-0.3, -0.25) is 9.48 Å². The third-order valence-corrected chi connectivity index (χ3v) is 3.12. The molecule has 5 nitrogen and oxygen atoms in total. The molecule has 2 aromatic rings. The highest BCUT2D eigenvalue weighted by atomic mass is 79.9. The van der Waals surface area contributed by atoms with Gasteiger partial charge >= 0.3 is 0 Å². The van der Waals surface area contributed by atoms with Crippen LogP contribution in [0.5, 0.6) is 0 Å². The number of hydrogen-bond acceptors (Lipinski definition) is 3. The fraction of sp³-hybridized carbons (Fsp3) is 0.182. The van der Waals surface area contributed by atoms with Gasteiger partial charge in [-0.05, 0) is 34.1 Å². The molecule has 0 unspecified atom stereocenters. The number of halogens is 2. The van der Waals surface area contributed by atoms with Gasteiger partial charge in [0.1, 0.15) is 6.33 Å². The predicted octanol–water partition coefficient (Wildman–Crippen LogP) is 2.16. The van der Waals surface area contributed by atoms with Crippen molar-refractivity contribution < 1.29 is 4.79 Å². The average molecular weight is 330 g/mol. The zero-order chi connectivity index (χ0) is 13.1. The van der Waals surface area contributed by atoms with Gasteiger partial charge in [-0.1, -0.05) is 11.6 Å². The Hall–Kier alpha value is -1.40. The minimum absolute atomic E-state index is 0.203. The Morgan fingerprint density at radius 3 is 2.94 bits per heavy atom. The van der Waals surface area contributed by atoms with Gasteiger partial charge in [0.15, 0.2) is 5.82 Å². The van der Waals surface area contributed by atoms with Crippen LogP contribution in [0, 0.1) is 0 Å². The molecule has 1 aromatic heterocycles. The first-order valence-electron chi connectivity index (χ1n) is 5.14. The maximum Gasteiger partial charge on any atom is 0.252 e. The molecular formula is C11H10BrClN4O. The van der Waals surface area contributed by atoms with Crippen molar-refractivity contribution in [3.8, 4) is 0 Å². The zero-order valence-electron chi connectivity index (χ0n) is 9.52. The van der Waals surface area contributed by atoms with Crippen molar-refractivity contribution in [1.29, 1.82) is 0 Å². The lowest BCUT2D eigenvalue weighted by molar-refractivity contribution is 0.0949. The molecule has 1 N–H and O–H groups in total. The van der Waals surface area contributed by atoms with Gasteiger partial charge in [0, 0.05) is 16.5 Å². The lowest BCUT2D eigenvalue weighted by Gasteiger charge is -2.05. The Kier molecular flexibility index (Phi) is 3.98. The molecule has 18 heavy (non-hydrogen) atoms. The van der Waals surface area contributed by atoms with Gasteiger partial charge < -0.3 is 5.32 Å². The van der Waals surface area contributed by atoms with Crippen LogP contribution in [-0.2, 0) is 13.6 Å². The second-order valence-corrected chi connectivity index (χ2v) is 4.93. The Labute approximate surface area is 117 Å². The summed E-state index contributed by atoms with van der Waals surface area (Å²) in [5.41, 5.74) is 0.523. The SMILES string of the molecule is Cn1cnc(CNC(=O)c2ccc(Cl)cc2Br)n1. The van der Waals surface area contributed by atoms with Crippen molar-refractivity contribution in [2.75, 3.05) is 0 Å². The van der Waals surface area contributed by atoms with Crippen molar-refractivity contribution in [1.82, 2.24) is 20.1 Å². The summed E-state index contributed by atoms with van der Waals surface area (Å²) in [4.78, 5) is 15.9. The van der Waals surface area contributed by atoms with Crippen LogP contribution in [-0.4, -0.2) is 20.7 Å². The van der Waals surface area contributed by atoms with E-state index in [9.17, 15) is 4.79 Å². The summed E-state index contributed by atoms with van der Waals surface area (Å²) >= 11 is 9.11. The largest absolute Gasteiger partial charge is 0.345 e. The second-order valence-electron chi connectivity index (χ2n) is 3.64. The third kappa shape index (κ3) is 3.08. The normalized spacial score (nSPS) is 10.4. The number of benzene rings is 1. The fourth-order valence-corrected chi connectivity index (χ4v) is 2.26. The van der Waals surface area contributed by atoms with Crippen LogP contribution in [0.3, 0.4) is 0 Å². The van der Waals surface area contributed by atoms with E-state index in [1.807, 2.05) is 0 Å². The van der Waals surface area contributed by atoms with E-state index in [2.05, 4.69) is 31.3 Å².